The van der Waals surface area contributed by atoms with Crippen molar-refractivity contribution >= 4 is 17.7 Å². The Morgan fingerprint density at radius 3 is 2.40 bits per heavy atom. The fourth-order valence-electron chi connectivity index (χ4n) is 2.96. The molecule has 0 spiro atoms. The number of carboxylic acid groups (broad SMARTS) is 1. The van der Waals surface area contributed by atoms with Gasteiger partial charge in [0.15, 0.2) is 11.5 Å². The average Bonchev–Trinajstić information content (AvgIpc) is 2.80. The van der Waals surface area contributed by atoms with Crippen molar-refractivity contribution in [1.29, 1.82) is 0 Å². The number of carbonyl (C=O) groups is 3. The second-order valence-corrected chi connectivity index (χ2v) is 5.95. The summed E-state index contributed by atoms with van der Waals surface area (Å²) >= 11 is 0. The summed E-state index contributed by atoms with van der Waals surface area (Å²) in [4.78, 5) is 36.0. The van der Waals surface area contributed by atoms with Gasteiger partial charge in [-0.05, 0) is 43.9 Å². The minimum absolute atomic E-state index is 0.00801. The molecule has 1 aromatic rings. The fraction of sp³-hybridized carbons (Fsp3) is 0.389. The first-order valence-corrected chi connectivity index (χ1v) is 8.03. The molecule has 0 aliphatic carbocycles. The summed E-state index contributed by atoms with van der Waals surface area (Å²) in [5, 5.41) is 20.5. The number of carbonyl (C=O) groups excluding carboxylic acids is 3. The van der Waals surface area contributed by atoms with Gasteiger partial charge in [-0.25, -0.2) is 4.39 Å². The maximum absolute atomic E-state index is 13.2. The number of benzene rings is 1. The number of carboxylic acids is 1. The lowest BCUT2D eigenvalue weighted by molar-refractivity contribution is -0.305. The molecule has 25 heavy (non-hydrogen) atoms. The number of aliphatic hydroxyl groups is 1. The Labute approximate surface area is 144 Å². The molecule has 0 saturated carbocycles. The van der Waals surface area contributed by atoms with Crippen LogP contribution in [0.15, 0.2) is 35.6 Å². The number of Topliss-reactive ketones (excluding diaryl/α,β-unsaturated/α-hetero) is 1. The molecule has 0 radical (unpaired) electrons. The number of hydrogen-bond donors (Lipinski definition) is 1. The second kappa shape index (κ2) is 7.92. The standard InChI is InChI=1S/C18H20FNO5/c1-11(21)15-16(12-6-8-13(19)9-7-12)20(18(25)17(15)24)10-4-2-3-5-14(22)23/h6-9,16,24H,2-5,10H2,1H3,(H,22,23)/p-1/t16-/m0/s1. The quantitative estimate of drug-likeness (QED) is 0.717. The molecule has 7 heteroatoms. The third kappa shape index (κ3) is 4.23. The van der Waals surface area contributed by atoms with Crippen LogP contribution >= 0.6 is 0 Å². The van der Waals surface area contributed by atoms with Crippen LogP contribution in [0.2, 0.25) is 0 Å². The van der Waals surface area contributed by atoms with Gasteiger partial charge in [0.25, 0.3) is 5.91 Å². The molecular formula is C18H19FNO5-. The Kier molecular flexibility index (Phi) is 5.90. The number of ketones is 1. The van der Waals surface area contributed by atoms with Gasteiger partial charge in [-0.15, -0.1) is 0 Å². The average molecular weight is 348 g/mol. The van der Waals surface area contributed by atoms with Gasteiger partial charge in [-0.3, -0.25) is 9.59 Å². The fourth-order valence-corrected chi connectivity index (χ4v) is 2.96. The maximum atomic E-state index is 13.2. The lowest BCUT2D eigenvalue weighted by Crippen LogP contribution is -2.32. The Bertz CT molecular complexity index is 711. The van der Waals surface area contributed by atoms with Crippen LogP contribution in [-0.4, -0.2) is 34.2 Å². The number of amides is 1. The van der Waals surface area contributed by atoms with Crippen LogP contribution in [0.4, 0.5) is 4.39 Å². The number of nitrogens with zero attached hydrogens (tertiary/aromatic N) is 1. The Morgan fingerprint density at radius 1 is 1.20 bits per heavy atom. The van der Waals surface area contributed by atoms with E-state index < -0.39 is 35.3 Å². The van der Waals surface area contributed by atoms with Crippen LogP contribution in [0.1, 0.15) is 44.2 Å². The molecule has 1 aromatic carbocycles. The van der Waals surface area contributed by atoms with Crippen molar-refractivity contribution < 1.29 is 29.0 Å². The van der Waals surface area contributed by atoms with E-state index in [1.165, 1.54) is 36.1 Å². The van der Waals surface area contributed by atoms with Crippen LogP contribution in [0.3, 0.4) is 0 Å². The Hall–Kier alpha value is -2.70. The molecular weight excluding hydrogens is 329 g/mol. The van der Waals surface area contributed by atoms with Crippen LogP contribution in [0, 0.1) is 5.82 Å². The lowest BCUT2D eigenvalue weighted by Gasteiger charge is -2.26. The van der Waals surface area contributed by atoms with Gasteiger partial charge >= 0.3 is 0 Å². The number of aliphatic carboxylic acids is 1. The second-order valence-electron chi connectivity index (χ2n) is 5.95. The first-order valence-electron chi connectivity index (χ1n) is 8.03. The van der Waals surface area contributed by atoms with Crippen molar-refractivity contribution in [1.82, 2.24) is 4.90 Å². The van der Waals surface area contributed by atoms with E-state index in [4.69, 9.17) is 0 Å². The topological polar surface area (TPSA) is 97.7 Å². The molecule has 1 amide bonds. The highest BCUT2D eigenvalue weighted by molar-refractivity contribution is 6.08. The number of aliphatic hydroxyl groups excluding tert-OH is 1. The first kappa shape index (κ1) is 18.6. The zero-order valence-electron chi connectivity index (χ0n) is 13.8. The van der Waals surface area contributed by atoms with E-state index >= 15 is 0 Å². The van der Waals surface area contributed by atoms with Crippen molar-refractivity contribution in [3.63, 3.8) is 0 Å². The van der Waals surface area contributed by atoms with Crippen LogP contribution in [-0.2, 0) is 14.4 Å². The van der Waals surface area contributed by atoms with Gasteiger partial charge in [-0.2, -0.15) is 0 Å². The SMILES string of the molecule is CC(=O)C1=C(O)C(=O)N(CCCCCC(=O)[O-])[C@H]1c1ccc(F)cc1. The van der Waals surface area contributed by atoms with Crippen LogP contribution in [0.5, 0.6) is 0 Å². The molecule has 1 heterocycles. The lowest BCUT2D eigenvalue weighted by atomic mass is 9.96. The van der Waals surface area contributed by atoms with Gasteiger partial charge in [0.1, 0.15) is 5.82 Å². The highest BCUT2D eigenvalue weighted by Crippen LogP contribution is 2.37. The predicted molar refractivity (Wildman–Crippen MR) is 84.7 cm³/mol. The summed E-state index contributed by atoms with van der Waals surface area (Å²) in [6.45, 7) is 1.51. The monoisotopic (exact) mass is 348 g/mol. The van der Waals surface area contributed by atoms with E-state index in [1.807, 2.05) is 0 Å². The number of hydrogen-bond acceptors (Lipinski definition) is 5. The van der Waals surface area contributed by atoms with E-state index in [-0.39, 0.29) is 18.5 Å². The molecule has 0 saturated heterocycles. The third-order valence-electron chi connectivity index (χ3n) is 4.15. The van der Waals surface area contributed by atoms with Crippen LogP contribution in [0.25, 0.3) is 0 Å². The van der Waals surface area contributed by atoms with Crippen molar-refractivity contribution in [3.05, 3.63) is 47.0 Å². The molecule has 1 atom stereocenters. The highest BCUT2D eigenvalue weighted by Gasteiger charge is 2.41. The van der Waals surface area contributed by atoms with E-state index in [2.05, 4.69) is 0 Å². The summed E-state index contributed by atoms with van der Waals surface area (Å²) in [5.41, 5.74) is 0.519. The van der Waals surface area contributed by atoms with E-state index in [9.17, 15) is 29.0 Å². The summed E-state index contributed by atoms with van der Waals surface area (Å²) in [5.74, 6) is -3.24. The smallest absolute Gasteiger partial charge is 0.290 e. The van der Waals surface area contributed by atoms with Crippen LogP contribution < -0.4 is 5.11 Å². The van der Waals surface area contributed by atoms with Gasteiger partial charge < -0.3 is 19.9 Å². The largest absolute Gasteiger partial charge is 0.550 e. The van der Waals surface area contributed by atoms with Crippen molar-refractivity contribution in [2.75, 3.05) is 6.54 Å². The van der Waals surface area contributed by atoms with Gasteiger partial charge in [0.05, 0.1) is 11.6 Å². The molecule has 0 fully saturated rings. The van der Waals surface area contributed by atoms with E-state index in [0.717, 1.165) is 0 Å². The van der Waals surface area contributed by atoms with Crippen molar-refractivity contribution in [3.8, 4) is 0 Å². The summed E-state index contributed by atoms with van der Waals surface area (Å²) in [7, 11) is 0. The maximum Gasteiger partial charge on any atom is 0.290 e. The van der Waals surface area contributed by atoms with Crippen molar-refractivity contribution in [2.45, 2.75) is 38.6 Å². The number of unbranched alkanes of at least 4 members (excludes halogenated alkanes) is 2. The van der Waals surface area contributed by atoms with Crippen molar-refractivity contribution in [2.24, 2.45) is 0 Å². The highest BCUT2D eigenvalue weighted by atomic mass is 19.1. The number of rotatable bonds is 8. The summed E-state index contributed by atoms with van der Waals surface area (Å²) < 4.78 is 13.2. The molecule has 0 bridgehead atoms. The zero-order valence-corrected chi connectivity index (χ0v) is 13.8. The molecule has 6 nitrogen and oxygen atoms in total. The number of halogens is 1. The third-order valence-corrected chi connectivity index (χ3v) is 4.15. The minimum Gasteiger partial charge on any atom is -0.550 e. The molecule has 1 N–H and O–H groups in total. The molecule has 0 aromatic heterocycles. The Morgan fingerprint density at radius 2 is 1.84 bits per heavy atom. The molecule has 1 aliphatic heterocycles. The normalized spacial score (nSPS) is 17.3. The summed E-state index contributed by atoms with van der Waals surface area (Å²) in [6.07, 6.45) is 1.43. The molecule has 2 rings (SSSR count). The van der Waals surface area contributed by atoms with E-state index in [0.29, 0.717) is 24.8 Å². The first-order chi connectivity index (χ1) is 11.8. The van der Waals surface area contributed by atoms with Gasteiger partial charge in [0.2, 0.25) is 0 Å². The molecule has 1 aliphatic rings. The predicted octanol–water partition coefficient (Wildman–Crippen LogP) is 1.42. The summed E-state index contributed by atoms with van der Waals surface area (Å²) in [6, 6.07) is 4.62. The Balaban J connectivity index is 2.19. The van der Waals surface area contributed by atoms with Gasteiger partial charge in [-0.1, -0.05) is 18.6 Å². The molecule has 134 valence electrons. The molecule has 0 unspecified atom stereocenters. The zero-order chi connectivity index (χ0) is 18.6. The van der Waals surface area contributed by atoms with Gasteiger partial charge in [0, 0.05) is 12.5 Å². The minimum atomic E-state index is -1.13. The van der Waals surface area contributed by atoms with E-state index in [1.54, 1.807) is 0 Å².